The molecule has 0 radical (unpaired) electrons. The maximum atomic E-state index is 13.0. The van der Waals surface area contributed by atoms with Crippen LogP contribution in [0.2, 0.25) is 5.02 Å². The van der Waals surface area contributed by atoms with Gasteiger partial charge in [-0.3, -0.25) is 9.48 Å². The number of ether oxygens (including phenoxy) is 1. The Labute approximate surface area is 194 Å². The van der Waals surface area contributed by atoms with Gasteiger partial charge in [0.15, 0.2) is 5.69 Å². The number of nitrogens with one attached hydrogen (secondary N) is 1. The summed E-state index contributed by atoms with van der Waals surface area (Å²) < 4.78 is 46.1. The number of halogens is 4. The summed E-state index contributed by atoms with van der Waals surface area (Å²) in [4.78, 5) is 12.4. The molecular formula is C24H23ClF3N3O2. The number of alkyl halides is 3. The Morgan fingerprint density at radius 1 is 1.15 bits per heavy atom. The average molecular weight is 478 g/mol. The highest BCUT2D eigenvalue weighted by Crippen LogP contribution is 2.42. The maximum absolute atomic E-state index is 13.0. The molecule has 33 heavy (non-hydrogen) atoms. The molecule has 4 rings (SSSR count). The lowest BCUT2D eigenvalue weighted by molar-refractivity contribution is -0.141. The summed E-state index contributed by atoms with van der Waals surface area (Å²) in [7, 11) is 0. The van der Waals surface area contributed by atoms with Crippen molar-refractivity contribution in [1.29, 1.82) is 0 Å². The van der Waals surface area contributed by atoms with Crippen LogP contribution in [0, 0.1) is 0 Å². The highest BCUT2D eigenvalue weighted by Gasteiger charge is 2.37. The molecule has 1 saturated carbocycles. The lowest BCUT2D eigenvalue weighted by Gasteiger charge is -2.09. The van der Waals surface area contributed by atoms with Gasteiger partial charge in [-0.1, -0.05) is 29.8 Å². The van der Waals surface area contributed by atoms with Crippen molar-refractivity contribution in [2.75, 3.05) is 6.54 Å². The molecule has 1 heterocycles. The highest BCUT2D eigenvalue weighted by molar-refractivity contribution is 6.30. The quantitative estimate of drug-likeness (QED) is 0.394. The highest BCUT2D eigenvalue weighted by atomic mass is 35.5. The number of carbonyl (C=O) groups is 1. The van der Waals surface area contributed by atoms with Crippen LogP contribution in [0.4, 0.5) is 13.2 Å². The Morgan fingerprint density at radius 2 is 1.91 bits per heavy atom. The molecule has 1 N–H and O–H groups in total. The second kappa shape index (κ2) is 9.87. The number of nitrogens with zero attached hydrogens (tertiary/aromatic N) is 2. The fourth-order valence-electron chi connectivity index (χ4n) is 3.47. The van der Waals surface area contributed by atoms with Crippen LogP contribution in [-0.4, -0.2) is 22.2 Å². The maximum Gasteiger partial charge on any atom is 0.435 e. The summed E-state index contributed by atoms with van der Waals surface area (Å²) in [6.07, 6.45) is -2.19. The van der Waals surface area contributed by atoms with Crippen LogP contribution in [-0.2, 0) is 19.3 Å². The zero-order valence-electron chi connectivity index (χ0n) is 17.7. The largest absolute Gasteiger partial charge is 0.489 e. The van der Waals surface area contributed by atoms with Gasteiger partial charge in [0.2, 0.25) is 0 Å². The smallest absolute Gasteiger partial charge is 0.435 e. The molecule has 5 nitrogen and oxygen atoms in total. The summed E-state index contributed by atoms with van der Waals surface area (Å²) in [5.41, 5.74) is 1.18. The van der Waals surface area contributed by atoms with Crippen molar-refractivity contribution in [2.45, 2.75) is 44.5 Å². The van der Waals surface area contributed by atoms with E-state index >= 15 is 0 Å². The van der Waals surface area contributed by atoms with Crippen molar-refractivity contribution in [1.82, 2.24) is 15.1 Å². The van der Waals surface area contributed by atoms with Crippen molar-refractivity contribution in [3.05, 3.63) is 82.1 Å². The van der Waals surface area contributed by atoms with Gasteiger partial charge in [0.25, 0.3) is 5.91 Å². The van der Waals surface area contributed by atoms with Crippen LogP contribution in [0.25, 0.3) is 0 Å². The Morgan fingerprint density at radius 3 is 2.58 bits per heavy atom. The zero-order valence-corrected chi connectivity index (χ0v) is 18.5. The monoisotopic (exact) mass is 477 g/mol. The molecule has 0 saturated heterocycles. The number of hydrogen-bond donors (Lipinski definition) is 1. The molecule has 0 atom stereocenters. The van der Waals surface area contributed by atoms with E-state index in [0.29, 0.717) is 48.1 Å². The van der Waals surface area contributed by atoms with Crippen LogP contribution in [0.3, 0.4) is 0 Å². The molecule has 3 aromatic rings. The molecular weight excluding hydrogens is 455 g/mol. The molecule has 174 valence electrons. The van der Waals surface area contributed by atoms with Gasteiger partial charge in [0, 0.05) is 35.3 Å². The summed E-state index contributed by atoms with van der Waals surface area (Å²) in [5, 5.41) is 7.13. The Bertz CT molecular complexity index is 1110. The van der Waals surface area contributed by atoms with Crippen LogP contribution in [0.5, 0.6) is 5.75 Å². The van der Waals surface area contributed by atoms with Gasteiger partial charge in [-0.15, -0.1) is 0 Å². The molecule has 1 aliphatic carbocycles. The van der Waals surface area contributed by atoms with E-state index < -0.39 is 11.9 Å². The first-order chi connectivity index (χ1) is 15.8. The first-order valence-corrected chi connectivity index (χ1v) is 11.1. The Balaban J connectivity index is 1.24. The molecule has 0 bridgehead atoms. The van der Waals surface area contributed by atoms with E-state index in [-0.39, 0.29) is 11.8 Å². The minimum absolute atomic E-state index is 0.157. The zero-order chi connectivity index (χ0) is 23.4. The van der Waals surface area contributed by atoms with E-state index in [1.54, 1.807) is 30.3 Å². The first-order valence-electron chi connectivity index (χ1n) is 10.7. The number of hydrogen-bond acceptors (Lipinski definition) is 3. The third-order valence-corrected chi connectivity index (χ3v) is 5.58. The van der Waals surface area contributed by atoms with Gasteiger partial charge in [-0.05, 0) is 61.2 Å². The minimum atomic E-state index is -4.45. The minimum Gasteiger partial charge on any atom is -0.489 e. The molecule has 0 unspecified atom stereocenters. The summed E-state index contributed by atoms with van der Waals surface area (Å²) >= 11 is 5.94. The third kappa shape index (κ3) is 6.28. The number of benzene rings is 2. The second-order valence-corrected chi connectivity index (χ2v) is 8.44. The second-order valence-electron chi connectivity index (χ2n) is 8.00. The van der Waals surface area contributed by atoms with Gasteiger partial charge in [-0.25, -0.2) is 0 Å². The van der Waals surface area contributed by atoms with E-state index in [1.807, 2.05) is 18.2 Å². The van der Waals surface area contributed by atoms with Crippen molar-refractivity contribution in [2.24, 2.45) is 0 Å². The van der Waals surface area contributed by atoms with E-state index in [4.69, 9.17) is 16.3 Å². The summed E-state index contributed by atoms with van der Waals surface area (Å²) in [5.74, 6) is 0.578. The molecule has 1 amide bonds. The third-order valence-electron chi connectivity index (χ3n) is 5.35. The Kier molecular flexibility index (Phi) is 6.93. The van der Waals surface area contributed by atoms with Gasteiger partial charge in [-0.2, -0.15) is 18.3 Å². The first kappa shape index (κ1) is 23.2. The van der Waals surface area contributed by atoms with Crippen molar-refractivity contribution >= 4 is 17.5 Å². The molecule has 9 heteroatoms. The SMILES string of the molecule is O=C(NCCCn1nc(C(F)(F)F)cc1C1CC1)c1ccc(COc2cccc(Cl)c2)cc1. The fraction of sp³-hybridized carbons (Fsp3) is 0.333. The van der Waals surface area contributed by atoms with Crippen LogP contribution >= 0.6 is 11.6 Å². The van der Waals surface area contributed by atoms with Crippen LogP contribution in [0.1, 0.15) is 52.5 Å². The lowest BCUT2D eigenvalue weighted by Crippen LogP contribution is -2.25. The average Bonchev–Trinajstić information content (AvgIpc) is 3.53. The predicted molar refractivity (Wildman–Crippen MR) is 118 cm³/mol. The topological polar surface area (TPSA) is 56.2 Å². The van der Waals surface area contributed by atoms with Gasteiger partial charge in [0.05, 0.1) is 0 Å². The number of carbonyl (C=O) groups excluding carboxylic acids is 1. The van der Waals surface area contributed by atoms with Crippen LogP contribution < -0.4 is 10.1 Å². The van der Waals surface area contributed by atoms with Crippen molar-refractivity contribution in [3.8, 4) is 5.75 Å². The molecule has 1 aromatic heterocycles. The van der Waals surface area contributed by atoms with Crippen LogP contribution in [0.15, 0.2) is 54.6 Å². The standard InChI is InChI=1S/C24H23ClF3N3O2/c25-19-3-1-4-20(13-19)33-15-16-5-7-18(8-6-16)23(32)29-11-2-12-31-21(17-9-10-17)14-22(30-31)24(26,27)28/h1,3-8,13-14,17H,2,9-12,15H2,(H,29,32). The Hall–Kier alpha value is -3.00. The number of amides is 1. The van der Waals surface area contributed by atoms with Crippen molar-refractivity contribution < 1.29 is 22.7 Å². The molecule has 0 aliphatic heterocycles. The van der Waals surface area contributed by atoms with E-state index in [1.165, 1.54) is 4.68 Å². The molecule has 1 fully saturated rings. The fourth-order valence-corrected chi connectivity index (χ4v) is 3.65. The number of aryl methyl sites for hydroxylation is 1. The molecule has 1 aliphatic rings. The normalized spacial score (nSPS) is 13.7. The predicted octanol–water partition coefficient (Wildman–Crippen LogP) is 5.83. The molecule has 2 aromatic carbocycles. The van der Waals surface area contributed by atoms with E-state index in [0.717, 1.165) is 24.5 Å². The van der Waals surface area contributed by atoms with Gasteiger partial charge in [0.1, 0.15) is 12.4 Å². The van der Waals surface area contributed by atoms with E-state index in [2.05, 4.69) is 10.4 Å². The number of aromatic nitrogens is 2. The summed E-state index contributed by atoms with van der Waals surface area (Å²) in [6, 6.07) is 15.3. The molecule has 0 spiro atoms. The lowest BCUT2D eigenvalue weighted by atomic mass is 10.1. The van der Waals surface area contributed by atoms with Gasteiger partial charge < -0.3 is 10.1 Å². The van der Waals surface area contributed by atoms with E-state index in [9.17, 15) is 18.0 Å². The van der Waals surface area contributed by atoms with Crippen molar-refractivity contribution in [3.63, 3.8) is 0 Å². The summed E-state index contributed by atoms with van der Waals surface area (Å²) in [6.45, 7) is 1.00. The number of rotatable bonds is 9. The van der Waals surface area contributed by atoms with Gasteiger partial charge >= 0.3 is 6.18 Å².